The van der Waals surface area contributed by atoms with Gasteiger partial charge in [0.05, 0.1) is 0 Å². The fraction of sp³-hybridized carbons (Fsp3) is 0.818. The monoisotopic (exact) mass is 245 g/mol. The third-order valence-electron chi connectivity index (χ3n) is 2.80. The average Bonchev–Trinajstić information content (AvgIpc) is 2.17. The van der Waals surface area contributed by atoms with Gasteiger partial charge in [0, 0.05) is 6.42 Å². The second-order valence-electron chi connectivity index (χ2n) is 4.74. The molecule has 1 heterocycles. The Morgan fingerprint density at radius 1 is 1.38 bits per heavy atom. The van der Waals surface area contributed by atoms with Gasteiger partial charge >= 0.3 is 5.97 Å². The van der Waals surface area contributed by atoms with Crippen LogP contribution in [0.25, 0.3) is 0 Å². The van der Waals surface area contributed by atoms with Gasteiger partial charge in [-0.05, 0) is 44.1 Å². The molecule has 0 unspecified atom stereocenters. The molecule has 2 N–H and O–H groups in total. The molecule has 1 saturated heterocycles. The summed E-state index contributed by atoms with van der Waals surface area (Å²) in [7, 11) is 0. The van der Waals surface area contributed by atoms with Gasteiger partial charge in [0.15, 0.2) is 0 Å². The number of aliphatic carboxylic acids is 1. The van der Waals surface area contributed by atoms with Crippen LogP contribution in [0.5, 0.6) is 0 Å². The van der Waals surface area contributed by atoms with Crippen molar-refractivity contribution in [3.05, 3.63) is 0 Å². The molecule has 0 aromatic carbocycles. The summed E-state index contributed by atoms with van der Waals surface area (Å²) in [5, 5.41) is 11.4. The standard InChI is InChI=1S/C11H19NO3S/c1-11(2,10(14)15)12-9(13)7-8-3-5-16-6-4-8/h8H,3-7H2,1-2H3,(H,12,13)(H,14,15). The normalized spacial score (nSPS) is 18.1. The first-order valence-electron chi connectivity index (χ1n) is 5.54. The topological polar surface area (TPSA) is 66.4 Å². The van der Waals surface area contributed by atoms with E-state index in [9.17, 15) is 9.59 Å². The summed E-state index contributed by atoms with van der Waals surface area (Å²) in [6, 6.07) is 0. The second-order valence-corrected chi connectivity index (χ2v) is 5.96. The van der Waals surface area contributed by atoms with Gasteiger partial charge in [0.25, 0.3) is 0 Å². The molecule has 4 nitrogen and oxygen atoms in total. The van der Waals surface area contributed by atoms with Crippen LogP contribution in [0.4, 0.5) is 0 Å². The Kier molecular flexibility index (Phi) is 4.65. The Morgan fingerprint density at radius 2 is 1.94 bits per heavy atom. The SMILES string of the molecule is CC(C)(NC(=O)CC1CCSCC1)C(=O)O. The lowest BCUT2D eigenvalue weighted by Crippen LogP contribution is -2.50. The lowest BCUT2D eigenvalue weighted by molar-refractivity contribution is -0.146. The van der Waals surface area contributed by atoms with Gasteiger partial charge in [0.1, 0.15) is 5.54 Å². The maximum Gasteiger partial charge on any atom is 0.328 e. The van der Waals surface area contributed by atoms with Crippen molar-refractivity contribution >= 4 is 23.6 Å². The van der Waals surface area contributed by atoms with E-state index in [0.29, 0.717) is 12.3 Å². The Morgan fingerprint density at radius 3 is 2.44 bits per heavy atom. The van der Waals surface area contributed by atoms with Crippen LogP contribution in [-0.2, 0) is 9.59 Å². The van der Waals surface area contributed by atoms with Crippen molar-refractivity contribution < 1.29 is 14.7 Å². The molecule has 0 aromatic heterocycles. The lowest BCUT2D eigenvalue weighted by atomic mass is 9.97. The van der Waals surface area contributed by atoms with Crippen LogP contribution in [-0.4, -0.2) is 34.0 Å². The highest BCUT2D eigenvalue weighted by Gasteiger charge is 2.29. The van der Waals surface area contributed by atoms with Crippen LogP contribution in [0.3, 0.4) is 0 Å². The van der Waals surface area contributed by atoms with E-state index in [-0.39, 0.29) is 5.91 Å². The molecular formula is C11H19NO3S. The van der Waals surface area contributed by atoms with E-state index in [1.54, 1.807) is 0 Å². The quantitative estimate of drug-likeness (QED) is 0.787. The Hall–Kier alpha value is -0.710. The Labute approximate surface area is 100 Å². The van der Waals surface area contributed by atoms with E-state index < -0.39 is 11.5 Å². The van der Waals surface area contributed by atoms with Crippen LogP contribution in [0.15, 0.2) is 0 Å². The van der Waals surface area contributed by atoms with Crippen LogP contribution in [0.1, 0.15) is 33.1 Å². The van der Waals surface area contributed by atoms with E-state index in [1.165, 1.54) is 13.8 Å². The van der Waals surface area contributed by atoms with Gasteiger partial charge in [-0.3, -0.25) is 4.79 Å². The number of nitrogens with one attached hydrogen (secondary N) is 1. The van der Waals surface area contributed by atoms with Gasteiger partial charge < -0.3 is 10.4 Å². The molecule has 1 amide bonds. The maximum atomic E-state index is 11.7. The highest BCUT2D eigenvalue weighted by atomic mass is 32.2. The summed E-state index contributed by atoms with van der Waals surface area (Å²) in [6.07, 6.45) is 2.58. The minimum Gasteiger partial charge on any atom is -0.480 e. The zero-order valence-corrected chi connectivity index (χ0v) is 10.6. The zero-order valence-electron chi connectivity index (χ0n) is 9.78. The number of hydrogen-bond acceptors (Lipinski definition) is 3. The summed E-state index contributed by atoms with van der Waals surface area (Å²) in [6.45, 7) is 3.01. The van der Waals surface area contributed by atoms with E-state index in [1.807, 2.05) is 11.8 Å². The number of rotatable bonds is 4. The molecule has 1 fully saturated rings. The van der Waals surface area contributed by atoms with Gasteiger partial charge in [-0.15, -0.1) is 0 Å². The number of hydrogen-bond donors (Lipinski definition) is 2. The molecule has 0 aliphatic carbocycles. The fourth-order valence-electron chi connectivity index (χ4n) is 1.67. The smallest absolute Gasteiger partial charge is 0.328 e. The van der Waals surface area contributed by atoms with Crippen molar-refractivity contribution in [2.75, 3.05) is 11.5 Å². The van der Waals surface area contributed by atoms with Gasteiger partial charge in [-0.25, -0.2) is 4.79 Å². The van der Waals surface area contributed by atoms with Crippen molar-refractivity contribution in [3.63, 3.8) is 0 Å². The third-order valence-corrected chi connectivity index (χ3v) is 3.85. The fourth-order valence-corrected chi connectivity index (χ4v) is 2.87. The van der Waals surface area contributed by atoms with E-state index in [4.69, 9.17) is 5.11 Å². The summed E-state index contributed by atoms with van der Waals surface area (Å²) < 4.78 is 0. The number of carbonyl (C=O) groups excluding carboxylic acids is 1. The van der Waals surface area contributed by atoms with E-state index in [0.717, 1.165) is 24.3 Å². The van der Waals surface area contributed by atoms with Crippen molar-refractivity contribution in [2.24, 2.45) is 5.92 Å². The molecule has 92 valence electrons. The number of carboxylic acids is 1. The molecule has 0 atom stereocenters. The largest absolute Gasteiger partial charge is 0.480 e. The highest BCUT2D eigenvalue weighted by Crippen LogP contribution is 2.25. The predicted molar refractivity (Wildman–Crippen MR) is 64.5 cm³/mol. The van der Waals surface area contributed by atoms with Crippen molar-refractivity contribution in [3.8, 4) is 0 Å². The minimum absolute atomic E-state index is 0.149. The molecule has 16 heavy (non-hydrogen) atoms. The highest BCUT2D eigenvalue weighted by molar-refractivity contribution is 7.99. The van der Waals surface area contributed by atoms with Gasteiger partial charge in [-0.1, -0.05) is 0 Å². The van der Waals surface area contributed by atoms with E-state index in [2.05, 4.69) is 5.32 Å². The average molecular weight is 245 g/mol. The maximum absolute atomic E-state index is 11.7. The molecule has 5 heteroatoms. The molecule has 0 bridgehead atoms. The van der Waals surface area contributed by atoms with Crippen molar-refractivity contribution in [1.29, 1.82) is 0 Å². The number of thioether (sulfide) groups is 1. The first-order valence-corrected chi connectivity index (χ1v) is 6.69. The minimum atomic E-state index is -1.17. The molecule has 0 saturated carbocycles. The first kappa shape index (κ1) is 13.4. The number of amides is 1. The van der Waals surface area contributed by atoms with Crippen LogP contribution < -0.4 is 5.32 Å². The zero-order chi connectivity index (χ0) is 12.2. The molecule has 1 rings (SSSR count). The summed E-state index contributed by atoms with van der Waals surface area (Å²) >= 11 is 1.92. The molecule has 1 aliphatic heterocycles. The van der Waals surface area contributed by atoms with Crippen LogP contribution in [0, 0.1) is 5.92 Å². The Bertz CT molecular complexity index is 272. The van der Waals surface area contributed by atoms with Crippen LogP contribution >= 0.6 is 11.8 Å². The Balaban J connectivity index is 2.37. The molecule has 0 aromatic rings. The predicted octanol–water partition coefficient (Wildman–Crippen LogP) is 1.50. The van der Waals surface area contributed by atoms with Gasteiger partial charge in [0.2, 0.25) is 5.91 Å². The van der Waals surface area contributed by atoms with Crippen molar-refractivity contribution in [2.45, 2.75) is 38.6 Å². The third kappa shape index (κ3) is 4.04. The van der Waals surface area contributed by atoms with Crippen LogP contribution in [0.2, 0.25) is 0 Å². The molecular weight excluding hydrogens is 226 g/mol. The second kappa shape index (κ2) is 5.57. The summed E-state index contributed by atoms with van der Waals surface area (Å²) in [5.74, 6) is 1.50. The molecule has 0 spiro atoms. The van der Waals surface area contributed by atoms with Gasteiger partial charge in [-0.2, -0.15) is 11.8 Å². The lowest BCUT2D eigenvalue weighted by Gasteiger charge is -2.24. The number of carbonyl (C=O) groups is 2. The molecule has 0 radical (unpaired) electrons. The summed E-state index contributed by atoms with van der Waals surface area (Å²) in [4.78, 5) is 22.5. The van der Waals surface area contributed by atoms with Crippen molar-refractivity contribution in [1.82, 2.24) is 5.32 Å². The molecule has 1 aliphatic rings. The van der Waals surface area contributed by atoms with E-state index >= 15 is 0 Å². The summed E-state index contributed by atoms with van der Waals surface area (Å²) in [5.41, 5.74) is -1.17. The first-order chi connectivity index (χ1) is 7.42. The number of carboxylic acid groups (broad SMARTS) is 1.